The number of para-hydroxylation sites is 1. The van der Waals surface area contributed by atoms with Gasteiger partial charge in [-0.2, -0.15) is 0 Å². The van der Waals surface area contributed by atoms with Gasteiger partial charge in [0, 0.05) is 12.5 Å². The number of rotatable bonds is 9. The summed E-state index contributed by atoms with van der Waals surface area (Å²) >= 11 is 0. The van der Waals surface area contributed by atoms with E-state index < -0.39 is 11.9 Å². The summed E-state index contributed by atoms with van der Waals surface area (Å²) in [5.74, 6) is -0.885. The number of benzene rings is 1. The van der Waals surface area contributed by atoms with Gasteiger partial charge in [-0.1, -0.05) is 45.4 Å². The molecule has 0 heterocycles. The van der Waals surface area contributed by atoms with Gasteiger partial charge in [0.25, 0.3) is 0 Å². The molecule has 0 fully saturated rings. The van der Waals surface area contributed by atoms with Crippen LogP contribution in [0.3, 0.4) is 0 Å². The van der Waals surface area contributed by atoms with Crippen molar-refractivity contribution in [3.63, 3.8) is 0 Å². The minimum absolute atomic E-state index is 0.0920. The van der Waals surface area contributed by atoms with Crippen molar-refractivity contribution < 1.29 is 19.4 Å². The summed E-state index contributed by atoms with van der Waals surface area (Å²) in [6.45, 7) is 6.05. The van der Waals surface area contributed by atoms with Gasteiger partial charge in [0.15, 0.2) is 0 Å². The zero-order chi connectivity index (χ0) is 17.4. The number of methoxy groups -OCH3 is 1. The topological polar surface area (TPSA) is 75.6 Å². The van der Waals surface area contributed by atoms with Crippen LogP contribution in [0.5, 0.6) is 5.75 Å². The summed E-state index contributed by atoms with van der Waals surface area (Å²) in [6, 6.07) is 7.34. The van der Waals surface area contributed by atoms with E-state index in [2.05, 4.69) is 5.32 Å². The SMILES string of the molecule is CCC(C)C(C)C(=O)NCC(Cc1ccccc1OC)C(=O)O. The molecule has 0 aliphatic carbocycles. The number of carbonyl (C=O) groups excluding carboxylic acids is 1. The molecule has 5 heteroatoms. The highest BCUT2D eigenvalue weighted by Crippen LogP contribution is 2.21. The van der Waals surface area contributed by atoms with Gasteiger partial charge in [-0.3, -0.25) is 9.59 Å². The average Bonchev–Trinajstić information content (AvgIpc) is 2.56. The fraction of sp³-hybridized carbons (Fsp3) is 0.556. The molecule has 0 bridgehead atoms. The molecule has 3 unspecified atom stereocenters. The molecule has 1 aromatic carbocycles. The Kier molecular flexibility index (Phi) is 7.59. The molecule has 5 nitrogen and oxygen atoms in total. The maximum Gasteiger partial charge on any atom is 0.308 e. The zero-order valence-electron chi connectivity index (χ0n) is 14.3. The van der Waals surface area contributed by atoms with Crippen LogP contribution in [0.15, 0.2) is 24.3 Å². The van der Waals surface area contributed by atoms with Gasteiger partial charge in [-0.25, -0.2) is 0 Å². The van der Waals surface area contributed by atoms with Crippen LogP contribution in [-0.4, -0.2) is 30.6 Å². The van der Waals surface area contributed by atoms with Crippen LogP contribution in [0.25, 0.3) is 0 Å². The highest BCUT2D eigenvalue weighted by Gasteiger charge is 2.23. The minimum atomic E-state index is -0.924. The first kappa shape index (κ1) is 19.0. The van der Waals surface area contributed by atoms with Crippen LogP contribution >= 0.6 is 0 Å². The maximum atomic E-state index is 12.1. The molecule has 0 radical (unpaired) electrons. The number of carboxylic acid groups (broad SMARTS) is 1. The maximum absolute atomic E-state index is 12.1. The van der Waals surface area contributed by atoms with Crippen molar-refractivity contribution in [1.29, 1.82) is 0 Å². The van der Waals surface area contributed by atoms with Gasteiger partial charge >= 0.3 is 5.97 Å². The number of carboxylic acids is 1. The quantitative estimate of drug-likeness (QED) is 0.733. The van der Waals surface area contributed by atoms with Gasteiger partial charge in [0.05, 0.1) is 13.0 Å². The number of hydrogen-bond donors (Lipinski definition) is 2. The number of aliphatic carboxylic acids is 1. The van der Waals surface area contributed by atoms with E-state index in [-0.39, 0.29) is 24.3 Å². The Balaban J connectivity index is 2.69. The predicted octanol–water partition coefficient (Wildman–Crippen LogP) is 2.74. The summed E-state index contributed by atoms with van der Waals surface area (Å²) in [6.07, 6.45) is 1.23. The third-order valence-electron chi connectivity index (χ3n) is 4.44. The number of ether oxygens (including phenoxy) is 1. The van der Waals surface area contributed by atoms with Crippen molar-refractivity contribution in [2.45, 2.75) is 33.6 Å². The van der Waals surface area contributed by atoms with Crippen molar-refractivity contribution >= 4 is 11.9 Å². The Bertz CT molecular complexity index is 530. The Hall–Kier alpha value is -2.04. The first-order valence-corrected chi connectivity index (χ1v) is 8.03. The molecule has 128 valence electrons. The zero-order valence-corrected chi connectivity index (χ0v) is 14.3. The lowest BCUT2D eigenvalue weighted by molar-refractivity contribution is -0.141. The highest BCUT2D eigenvalue weighted by atomic mass is 16.5. The highest BCUT2D eigenvalue weighted by molar-refractivity contribution is 5.79. The van der Waals surface area contributed by atoms with Crippen LogP contribution in [0.2, 0.25) is 0 Å². The van der Waals surface area contributed by atoms with Gasteiger partial charge in [-0.15, -0.1) is 0 Å². The molecule has 0 spiro atoms. The van der Waals surface area contributed by atoms with Crippen molar-refractivity contribution in [2.24, 2.45) is 17.8 Å². The minimum Gasteiger partial charge on any atom is -0.496 e. The lowest BCUT2D eigenvalue weighted by Gasteiger charge is -2.20. The van der Waals surface area contributed by atoms with E-state index in [9.17, 15) is 14.7 Å². The van der Waals surface area contributed by atoms with Gasteiger partial charge in [-0.05, 0) is 24.0 Å². The molecule has 0 aliphatic heterocycles. The molecule has 23 heavy (non-hydrogen) atoms. The lowest BCUT2D eigenvalue weighted by Crippen LogP contribution is -2.38. The molecule has 1 aromatic rings. The Morgan fingerprint density at radius 2 is 1.91 bits per heavy atom. The van der Waals surface area contributed by atoms with E-state index >= 15 is 0 Å². The summed E-state index contributed by atoms with van der Waals surface area (Å²) in [4.78, 5) is 23.6. The summed E-state index contributed by atoms with van der Waals surface area (Å²) in [7, 11) is 1.56. The molecular formula is C18H27NO4. The van der Waals surface area contributed by atoms with Crippen LogP contribution in [0.4, 0.5) is 0 Å². The van der Waals surface area contributed by atoms with Crippen molar-refractivity contribution in [1.82, 2.24) is 5.32 Å². The van der Waals surface area contributed by atoms with Crippen molar-refractivity contribution in [3.8, 4) is 5.75 Å². The molecular weight excluding hydrogens is 294 g/mol. The van der Waals surface area contributed by atoms with Gasteiger partial charge in [0.2, 0.25) is 5.91 Å². The summed E-state index contributed by atoms with van der Waals surface area (Å²) in [5.41, 5.74) is 0.826. The molecule has 0 aromatic heterocycles. The van der Waals surface area contributed by atoms with Gasteiger partial charge < -0.3 is 15.2 Å². The van der Waals surface area contributed by atoms with E-state index in [1.54, 1.807) is 13.2 Å². The third-order valence-corrected chi connectivity index (χ3v) is 4.44. The number of amides is 1. The number of hydrogen-bond acceptors (Lipinski definition) is 3. The van der Waals surface area contributed by atoms with Crippen LogP contribution in [-0.2, 0) is 16.0 Å². The van der Waals surface area contributed by atoms with E-state index in [1.165, 1.54) is 0 Å². The number of nitrogens with one attached hydrogen (secondary N) is 1. The Labute approximate surface area is 138 Å². The predicted molar refractivity (Wildman–Crippen MR) is 89.5 cm³/mol. The second-order valence-electron chi connectivity index (χ2n) is 5.97. The van der Waals surface area contributed by atoms with E-state index in [0.717, 1.165) is 12.0 Å². The molecule has 1 rings (SSSR count). The second kappa shape index (κ2) is 9.18. The molecule has 3 atom stereocenters. The average molecular weight is 321 g/mol. The lowest BCUT2D eigenvalue weighted by atomic mass is 9.92. The second-order valence-corrected chi connectivity index (χ2v) is 5.97. The molecule has 0 aliphatic rings. The fourth-order valence-corrected chi connectivity index (χ4v) is 2.38. The fourth-order valence-electron chi connectivity index (χ4n) is 2.38. The third kappa shape index (κ3) is 5.58. The van der Waals surface area contributed by atoms with Crippen LogP contribution in [0.1, 0.15) is 32.8 Å². The van der Waals surface area contributed by atoms with Crippen molar-refractivity contribution in [2.75, 3.05) is 13.7 Å². The summed E-state index contributed by atoms with van der Waals surface area (Å²) in [5, 5.41) is 12.2. The smallest absolute Gasteiger partial charge is 0.308 e. The standard InChI is InChI=1S/C18H27NO4/c1-5-12(2)13(3)17(20)19-11-15(18(21)22)10-14-8-6-7-9-16(14)23-4/h6-9,12-13,15H,5,10-11H2,1-4H3,(H,19,20)(H,21,22). The van der Waals surface area contributed by atoms with E-state index in [4.69, 9.17) is 4.74 Å². The monoisotopic (exact) mass is 321 g/mol. The van der Waals surface area contributed by atoms with Crippen LogP contribution < -0.4 is 10.1 Å². The molecule has 2 N–H and O–H groups in total. The first-order valence-electron chi connectivity index (χ1n) is 8.03. The summed E-state index contributed by atoms with van der Waals surface area (Å²) < 4.78 is 5.26. The largest absolute Gasteiger partial charge is 0.496 e. The molecule has 1 amide bonds. The van der Waals surface area contributed by atoms with E-state index in [1.807, 2.05) is 39.0 Å². The van der Waals surface area contributed by atoms with Crippen molar-refractivity contribution in [3.05, 3.63) is 29.8 Å². The first-order chi connectivity index (χ1) is 10.9. The Morgan fingerprint density at radius 3 is 2.48 bits per heavy atom. The molecule has 0 saturated carbocycles. The Morgan fingerprint density at radius 1 is 1.26 bits per heavy atom. The van der Waals surface area contributed by atoms with Gasteiger partial charge in [0.1, 0.15) is 5.75 Å². The molecule has 0 saturated heterocycles. The normalized spacial score (nSPS) is 14.6. The van der Waals surface area contributed by atoms with Crippen LogP contribution in [0, 0.1) is 17.8 Å². The number of carbonyl (C=O) groups is 2. The van der Waals surface area contributed by atoms with E-state index in [0.29, 0.717) is 12.2 Å².